The van der Waals surface area contributed by atoms with Crippen LogP contribution < -0.4 is 5.32 Å². The summed E-state index contributed by atoms with van der Waals surface area (Å²) >= 11 is 0. The van der Waals surface area contributed by atoms with E-state index in [2.05, 4.69) is 15.5 Å². The summed E-state index contributed by atoms with van der Waals surface area (Å²) in [5, 5.41) is 11.2. The van der Waals surface area contributed by atoms with Crippen LogP contribution in [0.3, 0.4) is 0 Å². The van der Waals surface area contributed by atoms with Gasteiger partial charge in [0.05, 0.1) is 0 Å². The molecule has 6 nitrogen and oxygen atoms in total. The van der Waals surface area contributed by atoms with Gasteiger partial charge < -0.3 is 14.6 Å². The van der Waals surface area contributed by atoms with E-state index in [0.717, 1.165) is 37.9 Å². The number of piperidine rings is 1. The van der Waals surface area contributed by atoms with Crippen LogP contribution in [-0.2, 0) is 4.79 Å². The number of nitrogens with zero attached hydrogens (tertiary/aromatic N) is 3. The molecule has 1 aromatic carbocycles. The molecule has 0 radical (unpaired) electrons. The maximum Gasteiger partial charge on any atom is 0.316 e. The molecule has 0 bridgehead atoms. The summed E-state index contributed by atoms with van der Waals surface area (Å²) in [6.07, 6.45) is 5.77. The molecule has 0 unspecified atom stereocenters. The van der Waals surface area contributed by atoms with E-state index in [-0.39, 0.29) is 29.6 Å². The summed E-state index contributed by atoms with van der Waals surface area (Å²) in [5.41, 5.74) is 1.51. The standard InChI is InChI=1S/C21H25FN4O2/c1-13(19(27)26-9-7-21(5-6-21)8-10-26)23-20-25-24-18(28-20)17-12-16(17)14-3-2-4-15(22)11-14/h2-4,11,13,16-17H,5-10,12H2,1H3,(H,23,25)/t13-,16+,17-/m1/s1. The molecule has 2 heterocycles. The van der Waals surface area contributed by atoms with Crippen LogP contribution in [-0.4, -0.2) is 40.1 Å². The molecule has 2 aliphatic carbocycles. The number of likely N-dealkylation sites (tertiary alicyclic amines) is 1. The molecule has 2 saturated carbocycles. The average Bonchev–Trinajstić information content (AvgIpc) is 3.61. The zero-order chi connectivity index (χ0) is 19.3. The van der Waals surface area contributed by atoms with Crippen molar-refractivity contribution in [2.24, 2.45) is 5.41 Å². The first-order valence-electron chi connectivity index (χ1n) is 10.2. The SMILES string of the molecule is C[C@@H](Nc1nnc([C@@H]2C[C@H]2c2cccc(F)c2)o1)C(=O)N1CCC2(CC1)CC2. The Balaban J connectivity index is 1.17. The molecule has 1 N–H and O–H groups in total. The lowest BCUT2D eigenvalue weighted by Crippen LogP contribution is -2.45. The zero-order valence-corrected chi connectivity index (χ0v) is 16.0. The van der Waals surface area contributed by atoms with Crippen LogP contribution in [0.1, 0.15) is 62.3 Å². The number of anilines is 1. The molecule has 1 spiro atoms. The quantitative estimate of drug-likeness (QED) is 0.851. The maximum absolute atomic E-state index is 13.4. The highest BCUT2D eigenvalue weighted by Crippen LogP contribution is 2.54. The molecule has 1 amide bonds. The van der Waals surface area contributed by atoms with E-state index in [1.807, 2.05) is 17.9 Å². The number of halogens is 1. The van der Waals surface area contributed by atoms with Gasteiger partial charge in [-0.15, -0.1) is 5.10 Å². The summed E-state index contributed by atoms with van der Waals surface area (Å²) in [6, 6.07) is 6.52. The van der Waals surface area contributed by atoms with Crippen molar-refractivity contribution in [1.29, 1.82) is 0 Å². The van der Waals surface area contributed by atoms with Crippen molar-refractivity contribution in [2.75, 3.05) is 18.4 Å². The first-order valence-corrected chi connectivity index (χ1v) is 10.2. The van der Waals surface area contributed by atoms with Gasteiger partial charge in [0.25, 0.3) is 0 Å². The number of aromatic nitrogens is 2. The van der Waals surface area contributed by atoms with Gasteiger partial charge >= 0.3 is 6.01 Å². The van der Waals surface area contributed by atoms with E-state index < -0.39 is 6.04 Å². The average molecular weight is 384 g/mol. The number of rotatable bonds is 5. The topological polar surface area (TPSA) is 71.3 Å². The Morgan fingerprint density at radius 1 is 1.25 bits per heavy atom. The molecule has 28 heavy (non-hydrogen) atoms. The maximum atomic E-state index is 13.4. The van der Waals surface area contributed by atoms with Crippen molar-refractivity contribution in [3.05, 3.63) is 41.5 Å². The highest BCUT2D eigenvalue weighted by Gasteiger charge is 2.46. The van der Waals surface area contributed by atoms with E-state index in [0.29, 0.717) is 11.3 Å². The van der Waals surface area contributed by atoms with Gasteiger partial charge in [0.1, 0.15) is 11.9 Å². The smallest absolute Gasteiger partial charge is 0.316 e. The summed E-state index contributed by atoms with van der Waals surface area (Å²) < 4.78 is 19.2. The molecule has 3 fully saturated rings. The third-order valence-corrected chi connectivity index (χ3v) is 6.63. The highest BCUT2D eigenvalue weighted by molar-refractivity contribution is 5.83. The van der Waals surface area contributed by atoms with Crippen molar-refractivity contribution < 1.29 is 13.6 Å². The number of nitrogens with one attached hydrogen (secondary N) is 1. The van der Waals surface area contributed by atoms with Crippen LogP contribution >= 0.6 is 0 Å². The number of hydrogen-bond donors (Lipinski definition) is 1. The van der Waals surface area contributed by atoms with Gasteiger partial charge in [-0.25, -0.2) is 4.39 Å². The normalized spacial score (nSPS) is 26.1. The number of hydrogen-bond acceptors (Lipinski definition) is 5. The van der Waals surface area contributed by atoms with Crippen LogP contribution in [0.15, 0.2) is 28.7 Å². The van der Waals surface area contributed by atoms with E-state index in [1.54, 1.807) is 12.1 Å². The minimum atomic E-state index is -0.403. The zero-order valence-electron chi connectivity index (χ0n) is 16.0. The van der Waals surface area contributed by atoms with Crippen molar-refractivity contribution in [3.63, 3.8) is 0 Å². The first kappa shape index (κ1) is 17.6. The predicted molar refractivity (Wildman–Crippen MR) is 101 cm³/mol. The Morgan fingerprint density at radius 2 is 2.04 bits per heavy atom. The summed E-state index contributed by atoms with van der Waals surface area (Å²) in [7, 11) is 0. The molecule has 3 aliphatic rings. The van der Waals surface area contributed by atoms with Crippen molar-refractivity contribution in [3.8, 4) is 0 Å². The minimum Gasteiger partial charge on any atom is -0.408 e. The fourth-order valence-corrected chi connectivity index (χ4v) is 4.42. The lowest BCUT2D eigenvalue weighted by atomic mass is 9.93. The second-order valence-corrected chi connectivity index (χ2v) is 8.64. The molecule has 3 atom stereocenters. The number of carbonyl (C=O) groups excluding carboxylic acids is 1. The molecule has 5 rings (SSSR count). The molecule has 1 aliphatic heterocycles. The van der Waals surface area contributed by atoms with E-state index >= 15 is 0 Å². The van der Waals surface area contributed by atoms with E-state index in [9.17, 15) is 9.18 Å². The van der Waals surface area contributed by atoms with Crippen molar-refractivity contribution in [2.45, 2.75) is 56.9 Å². The molecule has 148 valence electrons. The van der Waals surface area contributed by atoms with Crippen LogP contribution in [0, 0.1) is 11.2 Å². The van der Waals surface area contributed by atoms with Crippen LogP contribution in [0.25, 0.3) is 0 Å². The molecular weight excluding hydrogens is 359 g/mol. The van der Waals surface area contributed by atoms with E-state index in [1.165, 1.54) is 18.9 Å². The Kier molecular flexibility index (Phi) is 4.14. The molecule has 7 heteroatoms. The van der Waals surface area contributed by atoms with Gasteiger partial charge in [0, 0.05) is 19.0 Å². The van der Waals surface area contributed by atoms with Gasteiger partial charge in [-0.05, 0) is 68.1 Å². The summed E-state index contributed by atoms with van der Waals surface area (Å²) in [5.74, 6) is 0.733. The molecular formula is C21H25FN4O2. The minimum absolute atomic E-state index is 0.0827. The van der Waals surface area contributed by atoms with E-state index in [4.69, 9.17) is 4.42 Å². The van der Waals surface area contributed by atoms with Crippen LogP contribution in [0.4, 0.5) is 10.4 Å². The highest BCUT2D eigenvalue weighted by atomic mass is 19.1. The third-order valence-electron chi connectivity index (χ3n) is 6.63. The van der Waals surface area contributed by atoms with Crippen LogP contribution in [0.5, 0.6) is 0 Å². The first-order chi connectivity index (χ1) is 13.5. The van der Waals surface area contributed by atoms with Gasteiger partial charge in [-0.3, -0.25) is 4.79 Å². The Labute approximate surface area is 163 Å². The number of amides is 1. The van der Waals surface area contributed by atoms with Crippen LogP contribution in [0.2, 0.25) is 0 Å². The van der Waals surface area contributed by atoms with Gasteiger partial charge in [0.15, 0.2) is 0 Å². The van der Waals surface area contributed by atoms with Crippen molar-refractivity contribution >= 4 is 11.9 Å². The Bertz CT molecular complexity index is 884. The lowest BCUT2D eigenvalue weighted by molar-refractivity contribution is -0.133. The second-order valence-electron chi connectivity index (χ2n) is 8.64. The van der Waals surface area contributed by atoms with Crippen molar-refractivity contribution in [1.82, 2.24) is 15.1 Å². The fourth-order valence-electron chi connectivity index (χ4n) is 4.42. The Morgan fingerprint density at radius 3 is 2.75 bits per heavy atom. The van der Waals surface area contributed by atoms with Gasteiger partial charge in [-0.2, -0.15) is 0 Å². The Hall–Kier alpha value is -2.44. The number of benzene rings is 1. The third kappa shape index (κ3) is 3.38. The lowest BCUT2D eigenvalue weighted by Gasteiger charge is -2.33. The molecule has 1 aromatic heterocycles. The largest absolute Gasteiger partial charge is 0.408 e. The fraction of sp³-hybridized carbons (Fsp3) is 0.571. The predicted octanol–water partition coefficient (Wildman–Crippen LogP) is 3.68. The van der Waals surface area contributed by atoms with Gasteiger partial charge in [-0.1, -0.05) is 17.2 Å². The summed E-state index contributed by atoms with van der Waals surface area (Å²) in [4.78, 5) is 14.6. The molecule has 2 aromatic rings. The summed E-state index contributed by atoms with van der Waals surface area (Å²) in [6.45, 7) is 3.52. The number of carbonyl (C=O) groups is 1. The monoisotopic (exact) mass is 384 g/mol. The second kappa shape index (κ2) is 6.57. The molecule has 1 saturated heterocycles. The van der Waals surface area contributed by atoms with Gasteiger partial charge in [0.2, 0.25) is 11.8 Å².